The number of nitrogens with two attached hydrogens (primary N) is 1. The van der Waals surface area contributed by atoms with Crippen molar-refractivity contribution in [3.63, 3.8) is 0 Å². The summed E-state index contributed by atoms with van der Waals surface area (Å²) in [5.74, 6) is 2.09. The van der Waals surface area contributed by atoms with Crippen molar-refractivity contribution in [2.45, 2.75) is 58.6 Å². The van der Waals surface area contributed by atoms with Gasteiger partial charge in [0, 0.05) is 24.4 Å². The maximum absolute atomic E-state index is 12.9. The first-order chi connectivity index (χ1) is 13.7. The highest BCUT2D eigenvalue weighted by Crippen LogP contribution is 2.47. The highest BCUT2D eigenvalue weighted by molar-refractivity contribution is 5.82. The largest absolute Gasteiger partial charge is 0.493 e. The van der Waals surface area contributed by atoms with Gasteiger partial charge in [-0.25, -0.2) is 0 Å². The van der Waals surface area contributed by atoms with Crippen molar-refractivity contribution in [3.8, 4) is 11.5 Å². The molecule has 0 bridgehead atoms. The Morgan fingerprint density at radius 1 is 1.31 bits per heavy atom. The van der Waals surface area contributed by atoms with Crippen molar-refractivity contribution in [1.82, 2.24) is 4.90 Å². The van der Waals surface area contributed by atoms with Crippen LogP contribution in [0.2, 0.25) is 0 Å². The molecular weight excluding hydrogens is 368 g/mol. The summed E-state index contributed by atoms with van der Waals surface area (Å²) in [6, 6.07) is 5.43. The summed E-state index contributed by atoms with van der Waals surface area (Å²) in [6.07, 6.45) is 1.87. The van der Waals surface area contributed by atoms with E-state index < -0.39 is 17.6 Å². The summed E-state index contributed by atoms with van der Waals surface area (Å²) in [5.41, 5.74) is 6.72. The monoisotopic (exact) mass is 404 g/mol. The molecule has 2 aliphatic rings. The molecule has 1 aliphatic heterocycles. The second kappa shape index (κ2) is 8.52. The van der Waals surface area contributed by atoms with Gasteiger partial charge in [-0.2, -0.15) is 0 Å². The van der Waals surface area contributed by atoms with Crippen LogP contribution in [0.3, 0.4) is 0 Å². The Kier molecular flexibility index (Phi) is 6.44. The Bertz CT molecular complexity index is 732. The third-order valence-electron chi connectivity index (χ3n) is 6.76. The van der Waals surface area contributed by atoms with E-state index in [1.54, 1.807) is 14.0 Å². The highest BCUT2D eigenvalue weighted by atomic mass is 16.5. The molecule has 29 heavy (non-hydrogen) atoms. The number of aliphatic hydroxyl groups is 1. The van der Waals surface area contributed by atoms with Gasteiger partial charge in [0.15, 0.2) is 11.5 Å². The predicted molar refractivity (Wildman–Crippen MR) is 113 cm³/mol. The summed E-state index contributed by atoms with van der Waals surface area (Å²) >= 11 is 0. The SMILES string of the molecule is COc1ccc([C@@H]2CN(C(=O)[C@H](N)C(C)C)C[C@]2(C)[C@@H](C)O)cc1OCC1CC1. The summed E-state index contributed by atoms with van der Waals surface area (Å²) < 4.78 is 11.5. The normalized spacial score (nSPS) is 26.5. The van der Waals surface area contributed by atoms with E-state index in [2.05, 4.69) is 0 Å². The summed E-state index contributed by atoms with van der Waals surface area (Å²) in [4.78, 5) is 14.7. The smallest absolute Gasteiger partial charge is 0.239 e. The number of amides is 1. The summed E-state index contributed by atoms with van der Waals surface area (Å²) in [6.45, 7) is 9.48. The van der Waals surface area contributed by atoms with E-state index in [0.29, 0.717) is 31.4 Å². The third-order valence-corrected chi connectivity index (χ3v) is 6.76. The Morgan fingerprint density at radius 3 is 2.55 bits per heavy atom. The first-order valence-corrected chi connectivity index (χ1v) is 10.7. The van der Waals surface area contributed by atoms with Crippen LogP contribution >= 0.6 is 0 Å². The van der Waals surface area contributed by atoms with E-state index in [0.717, 1.165) is 11.3 Å². The minimum absolute atomic E-state index is 0.0139. The van der Waals surface area contributed by atoms with Crippen molar-refractivity contribution < 1.29 is 19.4 Å². The average molecular weight is 405 g/mol. The molecule has 6 nitrogen and oxygen atoms in total. The van der Waals surface area contributed by atoms with Gasteiger partial charge in [-0.05, 0) is 49.3 Å². The Hall–Kier alpha value is -1.79. The van der Waals surface area contributed by atoms with Crippen LogP contribution in [0, 0.1) is 17.3 Å². The van der Waals surface area contributed by atoms with E-state index in [4.69, 9.17) is 15.2 Å². The lowest BCUT2D eigenvalue weighted by atomic mass is 9.72. The number of carbonyl (C=O) groups is 1. The molecule has 1 saturated heterocycles. The van der Waals surface area contributed by atoms with E-state index in [1.807, 2.05) is 43.9 Å². The Morgan fingerprint density at radius 2 is 2.00 bits per heavy atom. The van der Waals surface area contributed by atoms with E-state index in [9.17, 15) is 9.90 Å². The second-order valence-electron chi connectivity index (χ2n) is 9.39. The zero-order valence-corrected chi connectivity index (χ0v) is 18.4. The summed E-state index contributed by atoms with van der Waals surface area (Å²) in [5, 5.41) is 10.6. The minimum Gasteiger partial charge on any atom is -0.493 e. The van der Waals surface area contributed by atoms with Crippen LogP contribution in [0.1, 0.15) is 52.0 Å². The first kappa shape index (κ1) is 21.9. The molecule has 2 fully saturated rings. The van der Waals surface area contributed by atoms with Crippen LogP contribution in [-0.4, -0.2) is 54.9 Å². The molecule has 1 heterocycles. The number of benzene rings is 1. The standard InChI is InChI=1S/C23H36N2O4/c1-14(2)21(24)22(27)25-11-18(23(4,13-25)15(3)26)17-8-9-19(28-5)20(10-17)29-12-16-6-7-16/h8-10,14-16,18,21,26H,6-7,11-13,24H2,1-5H3/t15-,18+,21-,23-/m1/s1. The number of hydrogen-bond acceptors (Lipinski definition) is 5. The second-order valence-corrected chi connectivity index (χ2v) is 9.39. The maximum atomic E-state index is 12.9. The van der Waals surface area contributed by atoms with Crippen molar-refractivity contribution in [2.24, 2.45) is 23.0 Å². The fourth-order valence-electron chi connectivity index (χ4n) is 4.10. The fourth-order valence-corrected chi connectivity index (χ4v) is 4.10. The van der Waals surface area contributed by atoms with Crippen LogP contribution in [-0.2, 0) is 4.79 Å². The van der Waals surface area contributed by atoms with Gasteiger partial charge in [0.2, 0.25) is 5.91 Å². The fraction of sp³-hybridized carbons (Fsp3) is 0.696. The van der Waals surface area contributed by atoms with Crippen molar-refractivity contribution in [3.05, 3.63) is 23.8 Å². The first-order valence-electron chi connectivity index (χ1n) is 10.7. The lowest BCUT2D eigenvalue weighted by Crippen LogP contribution is -2.46. The number of likely N-dealkylation sites (tertiary alicyclic amines) is 1. The Balaban J connectivity index is 1.88. The van der Waals surface area contributed by atoms with Crippen molar-refractivity contribution in [2.75, 3.05) is 26.8 Å². The molecule has 3 N–H and O–H groups in total. The quantitative estimate of drug-likeness (QED) is 0.696. The predicted octanol–water partition coefficient (Wildman–Crippen LogP) is 2.78. The molecular formula is C23H36N2O4. The van der Waals surface area contributed by atoms with Crippen molar-refractivity contribution >= 4 is 5.91 Å². The number of methoxy groups -OCH3 is 1. The molecule has 3 rings (SSSR count). The lowest BCUT2D eigenvalue weighted by Gasteiger charge is -2.34. The van der Waals surface area contributed by atoms with Gasteiger partial charge in [0.1, 0.15) is 0 Å². The van der Waals surface area contributed by atoms with Crippen LogP contribution in [0.5, 0.6) is 11.5 Å². The molecule has 0 unspecified atom stereocenters. The highest BCUT2D eigenvalue weighted by Gasteiger charge is 2.49. The van der Waals surface area contributed by atoms with E-state index in [-0.39, 0.29) is 17.7 Å². The van der Waals surface area contributed by atoms with Gasteiger partial charge < -0.3 is 25.2 Å². The van der Waals surface area contributed by atoms with Gasteiger partial charge in [-0.1, -0.05) is 26.8 Å². The molecule has 6 heteroatoms. The Labute approximate surface area is 174 Å². The lowest BCUT2D eigenvalue weighted by molar-refractivity contribution is -0.133. The van der Waals surface area contributed by atoms with Crippen LogP contribution < -0.4 is 15.2 Å². The molecule has 1 saturated carbocycles. The third kappa shape index (κ3) is 4.53. The molecule has 0 spiro atoms. The average Bonchev–Trinajstić information content (AvgIpc) is 3.45. The van der Waals surface area contributed by atoms with E-state index >= 15 is 0 Å². The zero-order chi connectivity index (χ0) is 21.3. The van der Waals surface area contributed by atoms with Crippen LogP contribution in [0.4, 0.5) is 0 Å². The molecule has 4 atom stereocenters. The van der Waals surface area contributed by atoms with Gasteiger partial charge in [-0.15, -0.1) is 0 Å². The molecule has 162 valence electrons. The number of rotatable bonds is 8. The van der Waals surface area contributed by atoms with Crippen LogP contribution in [0.25, 0.3) is 0 Å². The van der Waals surface area contributed by atoms with Gasteiger partial charge in [-0.3, -0.25) is 4.79 Å². The molecule has 1 aliphatic carbocycles. The van der Waals surface area contributed by atoms with Gasteiger partial charge in [0.25, 0.3) is 0 Å². The zero-order valence-electron chi connectivity index (χ0n) is 18.4. The number of ether oxygens (including phenoxy) is 2. The number of carbonyl (C=O) groups excluding carboxylic acids is 1. The van der Waals surface area contributed by atoms with Gasteiger partial charge >= 0.3 is 0 Å². The summed E-state index contributed by atoms with van der Waals surface area (Å²) in [7, 11) is 1.64. The van der Waals surface area contributed by atoms with Gasteiger partial charge in [0.05, 0.1) is 25.9 Å². The number of hydrogen-bond donors (Lipinski definition) is 2. The molecule has 0 aromatic heterocycles. The molecule has 1 aromatic carbocycles. The van der Waals surface area contributed by atoms with Crippen molar-refractivity contribution in [1.29, 1.82) is 0 Å². The number of nitrogens with zero attached hydrogens (tertiary/aromatic N) is 1. The number of aliphatic hydroxyl groups excluding tert-OH is 1. The maximum Gasteiger partial charge on any atom is 0.239 e. The molecule has 1 aromatic rings. The van der Waals surface area contributed by atoms with E-state index in [1.165, 1.54) is 12.8 Å². The van der Waals surface area contributed by atoms with Crippen LogP contribution in [0.15, 0.2) is 18.2 Å². The molecule has 0 radical (unpaired) electrons. The molecule has 1 amide bonds. The minimum atomic E-state index is -0.571. The topological polar surface area (TPSA) is 85.0 Å².